The highest BCUT2D eigenvalue weighted by molar-refractivity contribution is 6.05. The third-order valence-electron chi connectivity index (χ3n) is 5.90. The summed E-state index contributed by atoms with van der Waals surface area (Å²) in [6, 6.07) is 5.07. The number of ether oxygens (including phenoxy) is 1. The van der Waals surface area contributed by atoms with E-state index in [9.17, 15) is 14.4 Å². The van der Waals surface area contributed by atoms with E-state index in [4.69, 9.17) is 4.74 Å². The van der Waals surface area contributed by atoms with Crippen LogP contribution in [0.15, 0.2) is 18.2 Å². The number of fused-ring (bicyclic) bond motifs is 3. The molecule has 0 saturated carbocycles. The third kappa shape index (κ3) is 3.57. The summed E-state index contributed by atoms with van der Waals surface area (Å²) in [6.07, 6.45) is 2.95. The minimum atomic E-state index is -0.549. The molecule has 3 aliphatic heterocycles. The van der Waals surface area contributed by atoms with Crippen LogP contribution in [0, 0.1) is 11.8 Å². The molecule has 0 aliphatic carbocycles. The standard InChI is InChI=1S/C21H27N3O4/c1-13-8-14(2)11-23(10-13)19(25)12-28-21(27)15-5-6-17-16(9-15)22-20(26)18-4-3-7-24(17)18/h5-6,9,13-14,18H,3-4,7-8,10-12H2,1-2H3,(H,22,26)/t13-,14+,18-/m1/s1. The van der Waals surface area contributed by atoms with E-state index in [0.29, 0.717) is 36.2 Å². The van der Waals surface area contributed by atoms with E-state index < -0.39 is 5.97 Å². The summed E-state index contributed by atoms with van der Waals surface area (Å²) in [5, 5.41) is 2.89. The predicted molar refractivity (Wildman–Crippen MR) is 105 cm³/mol. The number of carbonyl (C=O) groups is 3. The van der Waals surface area contributed by atoms with Gasteiger partial charge in [-0.05, 0) is 49.3 Å². The molecule has 3 aliphatic rings. The zero-order valence-corrected chi connectivity index (χ0v) is 16.4. The van der Waals surface area contributed by atoms with Crippen molar-refractivity contribution < 1.29 is 19.1 Å². The zero-order valence-electron chi connectivity index (χ0n) is 16.4. The molecule has 7 heteroatoms. The largest absolute Gasteiger partial charge is 0.452 e. The molecule has 3 heterocycles. The number of piperidine rings is 1. The number of rotatable bonds is 3. The van der Waals surface area contributed by atoms with Gasteiger partial charge in [0.25, 0.3) is 5.91 Å². The summed E-state index contributed by atoms with van der Waals surface area (Å²) in [5.74, 6) is 0.188. The second-order valence-corrected chi connectivity index (χ2v) is 8.39. The highest BCUT2D eigenvalue weighted by Gasteiger charge is 2.36. The first-order valence-electron chi connectivity index (χ1n) is 10.1. The Labute approximate surface area is 165 Å². The molecule has 1 aromatic rings. The lowest BCUT2D eigenvalue weighted by atomic mass is 9.92. The van der Waals surface area contributed by atoms with Crippen molar-refractivity contribution in [3.63, 3.8) is 0 Å². The number of anilines is 2. The van der Waals surface area contributed by atoms with Gasteiger partial charge in [0.2, 0.25) is 5.91 Å². The van der Waals surface area contributed by atoms with Crippen molar-refractivity contribution in [2.24, 2.45) is 11.8 Å². The number of hydrogen-bond acceptors (Lipinski definition) is 5. The van der Waals surface area contributed by atoms with Crippen LogP contribution in [0.5, 0.6) is 0 Å². The van der Waals surface area contributed by atoms with Crippen LogP contribution < -0.4 is 10.2 Å². The van der Waals surface area contributed by atoms with Gasteiger partial charge < -0.3 is 19.9 Å². The SMILES string of the molecule is C[C@@H]1C[C@H](C)CN(C(=O)COC(=O)c2ccc3c(c2)NC(=O)[C@H]2CCCN32)C1. The number of hydrogen-bond donors (Lipinski definition) is 1. The minimum absolute atomic E-state index is 0.0287. The second-order valence-electron chi connectivity index (χ2n) is 8.39. The fraction of sp³-hybridized carbons (Fsp3) is 0.571. The fourth-order valence-electron chi connectivity index (χ4n) is 4.73. The maximum absolute atomic E-state index is 12.4. The van der Waals surface area contributed by atoms with Crippen molar-refractivity contribution in [2.75, 3.05) is 36.5 Å². The molecule has 1 N–H and O–H groups in total. The highest BCUT2D eigenvalue weighted by Crippen LogP contribution is 2.37. The molecular weight excluding hydrogens is 358 g/mol. The average Bonchev–Trinajstić information content (AvgIpc) is 3.15. The zero-order chi connectivity index (χ0) is 19.8. The van der Waals surface area contributed by atoms with E-state index in [1.165, 1.54) is 0 Å². The van der Waals surface area contributed by atoms with Crippen LogP contribution in [-0.4, -0.2) is 55.0 Å². The van der Waals surface area contributed by atoms with Crippen LogP contribution in [0.2, 0.25) is 0 Å². The average molecular weight is 385 g/mol. The Bertz CT molecular complexity index is 799. The fourth-order valence-corrected chi connectivity index (χ4v) is 4.73. The lowest BCUT2D eigenvalue weighted by Gasteiger charge is -2.34. The monoisotopic (exact) mass is 385 g/mol. The number of carbonyl (C=O) groups excluding carboxylic acids is 3. The molecule has 0 unspecified atom stereocenters. The van der Waals surface area contributed by atoms with Crippen LogP contribution in [0.3, 0.4) is 0 Å². The number of esters is 1. The number of nitrogens with zero attached hydrogens (tertiary/aromatic N) is 2. The Balaban J connectivity index is 1.40. The van der Waals surface area contributed by atoms with Gasteiger partial charge in [0.05, 0.1) is 16.9 Å². The molecule has 1 aromatic carbocycles. The van der Waals surface area contributed by atoms with E-state index in [0.717, 1.165) is 31.5 Å². The Kier molecular flexibility index (Phi) is 5.00. The highest BCUT2D eigenvalue weighted by atomic mass is 16.5. The molecule has 0 spiro atoms. The summed E-state index contributed by atoms with van der Waals surface area (Å²) in [5.41, 5.74) is 1.90. The van der Waals surface area contributed by atoms with E-state index in [-0.39, 0.29) is 24.5 Å². The molecule has 150 valence electrons. The maximum atomic E-state index is 12.4. The van der Waals surface area contributed by atoms with Gasteiger partial charge in [-0.25, -0.2) is 4.79 Å². The Morgan fingerprint density at radius 1 is 1.21 bits per heavy atom. The summed E-state index contributed by atoms with van der Waals surface area (Å²) >= 11 is 0. The van der Waals surface area contributed by atoms with Crippen molar-refractivity contribution in [1.29, 1.82) is 0 Å². The van der Waals surface area contributed by atoms with E-state index in [2.05, 4.69) is 24.1 Å². The Morgan fingerprint density at radius 2 is 1.96 bits per heavy atom. The summed E-state index contributed by atoms with van der Waals surface area (Å²) in [4.78, 5) is 41.0. The topological polar surface area (TPSA) is 79.0 Å². The molecule has 4 rings (SSSR count). The normalized spacial score (nSPS) is 26.4. The van der Waals surface area contributed by atoms with Gasteiger partial charge in [0.15, 0.2) is 6.61 Å². The number of amides is 2. The van der Waals surface area contributed by atoms with Gasteiger partial charge in [-0.15, -0.1) is 0 Å². The molecular formula is C21H27N3O4. The molecule has 0 radical (unpaired) electrons. The Morgan fingerprint density at radius 3 is 2.71 bits per heavy atom. The van der Waals surface area contributed by atoms with Gasteiger partial charge in [-0.2, -0.15) is 0 Å². The maximum Gasteiger partial charge on any atom is 0.338 e. The lowest BCUT2D eigenvalue weighted by molar-refractivity contribution is -0.137. The van der Waals surface area contributed by atoms with Crippen LogP contribution in [0.25, 0.3) is 0 Å². The predicted octanol–water partition coefficient (Wildman–Crippen LogP) is 2.27. The molecule has 2 saturated heterocycles. The molecule has 2 fully saturated rings. The Hall–Kier alpha value is -2.57. The first-order valence-corrected chi connectivity index (χ1v) is 10.1. The summed E-state index contributed by atoms with van der Waals surface area (Å²) < 4.78 is 5.26. The van der Waals surface area contributed by atoms with Crippen LogP contribution >= 0.6 is 0 Å². The van der Waals surface area contributed by atoms with Gasteiger partial charge in [-0.1, -0.05) is 13.8 Å². The van der Waals surface area contributed by atoms with Crippen molar-refractivity contribution in [2.45, 2.75) is 39.2 Å². The second kappa shape index (κ2) is 7.45. The van der Waals surface area contributed by atoms with E-state index in [1.807, 2.05) is 6.07 Å². The van der Waals surface area contributed by atoms with Gasteiger partial charge in [0.1, 0.15) is 6.04 Å². The van der Waals surface area contributed by atoms with Crippen molar-refractivity contribution in [3.8, 4) is 0 Å². The molecule has 2 amide bonds. The van der Waals surface area contributed by atoms with Crippen molar-refractivity contribution >= 4 is 29.2 Å². The van der Waals surface area contributed by atoms with Crippen molar-refractivity contribution in [1.82, 2.24) is 4.90 Å². The van der Waals surface area contributed by atoms with E-state index >= 15 is 0 Å². The molecule has 0 bridgehead atoms. The first-order chi connectivity index (χ1) is 13.4. The van der Waals surface area contributed by atoms with Crippen LogP contribution in [0.4, 0.5) is 11.4 Å². The quantitative estimate of drug-likeness (QED) is 0.808. The van der Waals surface area contributed by atoms with Gasteiger partial charge in [0, 0.05) is 19.6 Å². The third-order valence-corrected chi connectivity index (χ3v) is 5.90. The first kappa shape index (κ1) is 18.8. The smallest absolute Gasteiger partial charge is 0.338 e. The summed E-state index contributed by atoms with van der Waals surface area (Å²) in [6.45, 7) is 6.28. The van der Waals surface area contributed by atoms with E-state index in [1.54, 1.807) is 17.0 Å². The van der Waals surface area contributed by atoms with Crippen LogP contribution in [-0.2, 0) is 14.3 Å². The number of benzene rings is 1. The minimum Gasteiger partial charge on any atom is -0.452 e. The molecule has 7 nitrogen and oxygen atoms in total. The number of nitrogens with one attached hydrogen (secondary N) is 1. The van der Waals surface area contributed by atoms with Gasteiger partial charge in [-0.3, -0.25) is 9.59 Å². The van der Waals surface area contributed by atoms with Gasteiger partial charge >= 0.3 is 5.97 Å². The molecule has 28 heavy (non-hydrogen) atoms. The number of likely N-dealkylation sites (tertiary alicyclic amines) is 1. The lowest BCUT2D eigenvalue weighted by Crippen LogP contribution is -2.44. The molecule has 3 atom stereocenters. The molecule has 0 aromatic heterocycles. The van der Waals surface area contributed by atoms with Crippen LogP contribution in [0.1, 0.15) is 43.5 Å². The van der Waals surface area contributed by atoms with Crippen molar-refractivity contribution in [3.05, 3.63) is 23.8 Å². The summed E-state index contributed by atoms with van der Waals surface area (Å²) in [7, 11) is 0.